The van der Waals surface area contributed by atoms with E-state index >= 15 is 0 Å². The van der Waals surface area contributed by atoms with Gasteiger partial charge in [0.2, 0.25) is 0 Å². The zero-order valence-electron chi connectivity index (χ0n) is 15.9. The molecule has 4 rings (SSSR count). The average Bonchev–Trinajstić information content (AvgIpc) is 3.22. The number of hydrogen-bond donors (Lipinski definition) is 3. The molecular formula is C23H18N4O2S. The molecule has 2 amide bonds. The lowest BCUT2D eigenvalue weighted by molar-refractivity contribution is 0.0992. The Bertz CT molecular complexity index is 1280. The van der Waals surface area contributed by atoms with E-state index in [1.54, 1.807) is 12.1 Å². The van der Waals surface area contributed by atoms with E-state index in [2.05, 4.69) is 22.2 Å². The molecule has 0 saturated heterocycles. The van der Waals surface area contributed by atoms with Gasteiger partial charge in [-0.2, -0.15) is 0 Å². The molecule has 0 saturated carbocycles. The van der Waals surface area contributed by atoms with Crippen LogP contribution in [-0.2, 0) is 0 Å². The summed E-state index contributed by atoms with van der Waals surface area (Å²) in [6.07, 6.45) is 1.72. The van der Waals surface area contributed by atoms with Crippen molar-refractivity contribution in [2.75, 3.05) is 10.6 Å². The van der Waals surface area contributed by atoms with Crippen molar-refractivity contribution < 1.29 is 9.59 Å². The summed E-state index contributed by atoms with van der Waals surface area (Å²) in [5.74, 6) is -0.986. The van der Waals surface area contributed by atoms with E-state index in [1.807, 2.05) is 54.6 Å². The number of carbonyl (C=O) groups excluding carboxylic acids is 2. The zero-order chi connectivity index (χ0) is 21.1. The third-order valence-corrected chi connectivity index (χ3v) is 5.29. The van der Waals surface area contributed by atoms with Crippen LogP contribution in [-0.4, -0.2) is 16.8 Å². The number of nitrogens with one attached hydrogen (secondary N) is 2. The molecule has 1 heterocycles. The quantitative estimate of drug-likeness (QED) is 0.412. The molecule has 0 atom stereocenters. The fourth-order valence-electron chi connectivity index (χ4n) is 3.02. The van der Waals surface area contributed by atoms with Gasteiger partial charge in [0, 0.05) is 11.1 Å². The molecule has 3 aromatic carbocycles. The Kier molecular flexibility index (Phi) is 5.28. The summed E-state index contributed by atoms with van der Waals surface area (Å²) >= 11 is 1.14. The second-order valence-corrected chi connectivity index (χ2v) is 7.41. The maximum atomic E-state index is 12.9. The fraction of sp³-hybridized carbons (Fsp3) is 0. The van der Waals surface area contributed by atoms with Crippen molar-refractivity contribution in [3.8, 4) is 0 Å². The van der Waals surface area contributed by atoms with Crippen molar-refractivity contribution in [1.29, 1.82) is 0 Å². The van der Waals surface area contributed by atoms with Crippen molar-refractivity contribution in [3.63, 3.8) is 0 Å². The van der Waals surface area contributed by atoms with Crippen LogP contribution in [0, 0.1) is 0 Å². The summed E-state index contributed by atoms with van der Waals surface area (Å²) < 4.78 is 0. The van der Waals surface area contributed by atoms with Crippen LogP contribution in [0.25, 0.3) is 16.8 Å². The molecule has 30 heavy (non-hydrogen) atoms. The lowest BCUT2D eigenvalue weighted by Crippen LogP contribution is -2.15. The van der Waals surface area contributed by atoms with Gasteiger partial charge in [0.25, 0.3) is 11.8 Å². The summed E-state index contributed by atoms with van der Waals surface area (Å²) in [4.78, 5) is 28.1. The summed E-state index contributed by atoms with van der Waals surface area (Å²) in [5.41, 5.74) is 8.14. The molecule has 1 aromatic heterocycles. The third kappa shape index (κ3) is 4.06. The van der Waals surface area contributed by atoms with Crippen LogP contribution in [0.2, 0.25) is 0 Å². The average molecular weight is 414 g/mol. The maximum Gasteiger partial charge on any atom is 0.268 e. The van der Waals surface area contributed by atoms with E-state index < -0.39 is 5.91 Å². The minimum Gasteiger partial charge on any atom is -0.364 e. The summed E-state index contributed by atoms with van der Waals surface area (Å²) in [5, 5.41) is 10.1. The Morgan fingerprint density at radius 1 is 1.03 bits per heavy atom. The van der Waals surface area contributed by atoms with E-state index in [-0.39, 0.29) is 11.6 Å². The normalized spacial score (nSPS) is 10.5. The minimum absolute atomic E-state index is 0.117. The lowest BCUT2D eigenvalue weighted by Gasteiger charge is -2.13. The SMILES string of the molecule is C=Cc1ccc(C(=O)Nc2nc(C(N)=O)cs2)c(Nc2ccc3ccccc3c2)c1. The van der Waals surface area contributed by atoms with Crippen LogP contribution in [0.3, 0.4) is 0 Å². The monoisotopic (exact) mass is 414 g/mol. The number of aromatic nitrogens is 1. The highest BCUT2D eigenvalue weighted by Crippen LogP contribution is 2.27. The number of anilines is 3. The molecule has 0 fully saturated rings. The number of hydrogen-bond acceptors (Lipinski definition) is 5. The standard InChI is InChI=1S/C23H18N4O2S/c1-2-14-7-10-18(22(29)27-23-26-20(13-30-23)21(24)28)19(11-14)25-17-9-8-15-5-3-4-6-16(15)12-17/h2-13,25H,1H2,(H2,24,28)(H,26,27,29). The van der Waals surface area contributed by atoms with Crippen LogP contribution in [0.15, 0.2) is 72.6 Å². The van der Waals surface area contributed by atoms with E-state index in [9.17, 15) is 9.59 Å². The predicted molar refractivity (Wildman–Crippen MR) is 122 cm³/mol. The zero-order valence-corrected chi connectivity index (χ0v) is 16.7. The van der Waals surface area contributed by atoms with E-state index in [0.717, 1.165) is 33.4 Å². The van der Waals surface area contributed by atoms with Gasteiger partial charge < -0.3 is 11.1 Å². The van der Waals surface area contributed by atoms with Gasteiger partial charge in [-0.05, 0) is 40.6 Å². The van der Waals surface area contributed by atoms with Crippen molar-refractivity contribution in [2.24, 2.45) is 5.73 Å². The van der Waals surface area contributed by atoms with Gasteiger partial charge in [-0.15, -0.1) is 11.3 Å². The molecule has 4 N–H and O–H groups in total. The summed E-state index contributed by atoms with van der Waals surface area (Å²) in [7, 11) is 0. The molecular weight excluding hydrogens is 396 g/mol. The third-order valence-electron chi connectivity index (χ3n) is 4.53. The lowest BCUT2D eigenvalue weighted by atomic mass is 10.1. The van der Waals surface area contributed by atoms with Crippen molar-refractivity contribution >= 4 is 56.5 Å². The molecule has 4 aromatic rings. The first-order valence-electron chi connectivity index (χ1n) is 9.12. The van der Waals surface area contributed by atoms with Crippen LogP contribution in [0.4, 0.5) is 16.5 Å². The number of benzene rings is 3. The molecule has 148 valence electrons. The Labute approximate surface area is 177 Å². The summed E-state index contributed by atoms with van der Waals surface area (Å²) in [6.45, 7) is 3.80. The number of rotatable bonds is 6. The second-order valence-electron chi connectivity index (χ2n) is 6.55. The van der Waals surface area contributed by atoms with Crippen LogP contribution < -0.4 is 16.4 Å². The minimum atomic E-state index is -0.638. The molecule has 0 aliphatic heterocycles. The van der Waals surface area contributed by atoms with E-state index in [0.29, 0.717) is 16.4 Å². The van der Waals surface area contributed by atoms with Crippen molar-refractivity contribution in [2.45, 2.75) is 0 Å². The van der Waals surface area contributed by atoms with Gasteiger partial charge in [0.05, 0.1) is 11.3 Å². The molecule has 0 spiro atoms. The molecule has 6 nitrogen and oxygen atoms in total. The van der Waals surface area contributed by atoms with E-state index in [1.165, 1.54) is 5.38 Å². The number of nitrogens with two attached hydrogens (primary N) is 1. The molecule has 0 aliphatic carbocycles. The van der Waals surface area contributed by atoms with Gasteiger partial charge in [0.1, 0.15) is 5.69 Å². The van der Waals surface area contributed by atoms with Crippen molar-refractivity contribution in [3.05, 3.63) is 89.4 Å². The Morgan fingerprint density at radius 2 is 1.83 bits per heavy atom. The van der Waals surface area contributed by atoms with E-state index in [4.69, 9.17) is 5.73 Å². The Balaban J connectivity index is 1.65. The van der Waals surface area contributed by atoms with Gasteiger partial charge in [-0.3, -0.25) is 14.9 Å². The first kappa shape index (κ1) is 19.4. The van der Waals surface area contributed by atoms with Crippen LogP contribution >= 0.6 is 11.3 Å². The highest BCUT2D eigenvalue weighted by atomic mass is 32.1. The predicted octanol–water partition coefficient (Wildman–Crippen LogP) is 5.03. The van der Waals surface area contributed by atoms with Gasteiger partial charge in [-0.25, -0.2) is 4.98 Å². The number of carbonyl (C=O) groups is 2. The smallest absolute Gasteiger partial charge is 0.268 e. The largest absolute Gasteiger partial charge is 0.364 e. The Morgan fingerprint density at radius 3 is 2.57 bits per heavy atom. The first-order chi connectivity index (χ1) is 14.5. The summed E-state index contributed by atoms with van der Waals surface area (Å²) in [6, 6.07) is 19.5. The van der Waals surface area contributed by atoms with Crippen LogP contribution in [0.5, 0.6) is 0 Å². The van der Waals surface area contributed by atoms with Gasteiger partial charge >= 0.3 is 0 Å². The molecule has 0 unspecified atom stereocenters. The van der Waals surface area contributed by atoms with Crippen molar-refractivity contribution in [1.82, 2.24) is 4.98 Å². The van der Waals surface area contributed by atoms with Gasteiger partial charge in [0.15, 0.2) is 5.13 Å². The number of thiazole rings is 1. The molecule has 0 radical (unpaired) electrons. The number of primary amides is 1. The number of fused-ring (bicyclic) bond motifs is 1. The number of amides is 2. The first-order valence-corrected chi connectivity index (χ1v) is 10.0. The molecule has 0 bridgehead atoms. The highest BCUT2D eigenvalue weighted by Gasteiger charge is 2.15. The Hall–Kier alpha value is -3.97. The topological polar surface area (TPSA) is 97.1 Å². The molecule has 0 aliphatic rings. The number of nitrogens with zero attached hydrogens (tertiary/aromatic N) is 1. The fourth-order valence-corrected chi connectivity index (χ4v) is 3.72. The molecule has 7 heteroatoms. The second kappa shape index (κ2) is 8.18. The van der Waals surface area contributed by atoms with Gasteiger partial charge in [-0.1, -0.05) is 49.1 Å². The van der Waals surface area contributed by atoms with Crippen LogP contribution in [0.1, 0.15) is 26.4 Å². The maximum absolute atomic E-state index is 12.9. The highest BCUT2D eigenvalue weighted by molar-refractivity contribution is 7.14.